The van der Waals surface area contributed by atoms with Crippen LogP contribution in [0.1, 0.15) is 46.6 Å². The molecule has 0 radical (unpaired) electrons. The Labute approximate surface area is 153 Å². The quantitative estimate of drug-likeness (QED) is 0.768. The smallest absolute Gasteiger partial charge is 0.252 e. The Balaban J connectivity index is 1.47. The van der Waals surface area contributed by atoms with Gasteiger partial charge in [0.25, 0.3) is 5.91 Å². The Morgan fingerprint density at radius 1 is 1.42 bits per heavy atom. The number of aromatic nitrogens is 2. The van der Waals surface area contributed by atoms with Crippen LogP contribution in [0.15, 0.2) is 22.9 Å². The SMILES string of the molecule is Cc1noc(C)c1CCCNC(=O)c1ccc(N2CCC[C@H](O)C2)nc1. The van der Waals surface area contributed by atoms with Crippen molar-refractivity contribution in [3.8, 4) is 0 Å². The van der Waals surface area contributed by atoms with Crippen LogP contribution in [-0.2, 0) is 6.42 Å². The third-order valence-electron chi connectivity index (χ3n) is 4.80. The van der Waals surface area contributed by atoms with E-state index in [1.807, 2.05) is 19.9 Å². The number of aliphatic hydroxyl groups excluding tert-OH is 1. The maximum Gasteiger partial charge on any atom is 0.252 e. The van der Waals surface area contributed by atoms with Crippen molar-refractivity contribution < 1.29 is 14.4 Å². The van der Waals surface area contributed by atoms with Gasteiger partial charge < -0.3 is 19.8 Å². The molecule has 2 N–H and O–H groups in total. The van der Waals surface area contributed by atoms with Crippen LogP contribution in [-0.4, -0.2) is 46.9 Å². The van der Waals surface area contributed by atoms with Gasteiger partial charge in [0, 0.05) is 31.4 Å². The van der Waals surface area contributed by atoms with E-state index in [0.717, 1.165) is 55.1 Å². The van der Waals surface area contributed by atoms with E-state index in [-0.39, 0.29) is 12.0 Å². The van der Waals surface area contributed by atoms with Crippen LogP contribution in [0.3, 0.4) is 0 Å². The molecule has 1 aliphatic rings. The number of pyridine rings is 1. The third-order valence-corrected chi connectivity index (χ3v) is 4.80. The molecule has 2 aromatic heterocycles. The molecule has 1 aliphatic heterocycles. The summed E-state index contributed by atoms with van der Waals surface area (Å²) in [6.07, 6.45) is 4.74. The molecule has 0 saturated carbocycles. The second-order valence-electron chi connectivity index (χ2n) is 6.81. The maximum absolute atomic E-state index is 12.2. The van der Waals surface area contributed by atoms with Gasteiger partial charge in [0.2, 0.25) is 0 Å². The van der Waals surface area contributed by atoms with E-state index in [1.54, 1.807) is 12.3 Å². The largest absolute Gasteiger partial charge is 0.391 e. The second-order valence-corrected chi connectivity index (χ2v) is 6.81. The van der Waals surface area contributed by atoms with Crippen molar-refractivity contribution in [1.82, 2.24) is 15.5 Å². The molecule has 0 spiro atoms. The summed E-state index contributed by atoms with van der Waals surface area (Å²) in [4.78, 5) is 18.7. The first-order valence-electron chi connectivity index (χ1n) is 9.13. The van der Waals surface area contributed by atoms with E-state index in [0.29, 0.717) is 18.7 Å². The number of nitrogens with zero attached hydrogens (tertiary/aromatic N) is 3. The minimum Gasteiger partial charge on any atom is -0.391 e. The lowest BCUT2D eigenvalue weighted by atomic mass is 10.1. The molecule has 140 valence electrons. The van der Waals surface area contributed by atoms with Crippen LogP contribution in [0.5, 0.6) is 0 Å². The topological polar surface area (TPSA) is 91.5 Å². The van der Waals surface area contributed by atoms with Crippen LogP contribution >= 0.6 is 0 Å². The second kappa shape index (κ2) is 8.31. The number of rotatable bonds is 6. The Bertz CT molecular complexity index is 722. The highest BCUT2D eigenvalue weighted by Crippen LogP contribution is 2.18. The summed E-state index contributed by atoms with van der Waals surface area (Å²) < 4.78 is 5.15. The fourth-order valence-electron chi connectivity index (χ4n) is 3.30. The number of amides is 1. The van der Waals surface area contributed by atoms with Crippen LogP contribution < -0.4 is 10.2 Å². The number of hydrogen-bond donors (Lipinski definition) is 2. The van der Waals surface area contributed by atoms with Gasteiger partial charge in [0.15, 0.2) is 0 Å². The molecular formula is C19H26N4O3. The van der Waals surface area contributed by atoms with Gasteiger partial charge in [-0.3, -0.25) is 4.79 Å². The third kappa shape index (κ3) is 4.40. The fraction of sp³-hybridized carbons (Fsp3) is 0.526. The van der Waals surface area contributed by atoms with Gasteiger partial charge in [-0.25, -0.2) is 4.98 Å². The first-order valence-corrected chi connectivity index (χ1v) is 9.13. The van der Waals surface area contributed by atoms with E-state index in [1.165, 1.54) is 0 Å². The fourth-order valence-corrected chi connectivity index (χ4v) is 3.30. The van der Waals surface area contributed by atoms with Gasteiger partial charge in [-0.15, -0.1) is 0 Å². The van der Waals surface area contributed by atoms with E-state index in [9.17, 15) is 9.90 Å². The molecule has 7 nitrogen and oxygen atoms in total. The zero-order valence-electron chi connectivity index (χ0n) is 15.4. The van der Waals surface area contributed by atoms with E-state index >= 15 is 0 Å². The van der Waals surface area contributed by atoms with Gasteiger partial charge in [-0.05, 0) is 51.7 Å². The first kappa shape index (κ1) is 18.4. The van der Waals surface area contributed by atoms with Crippen molar-refractivity contribution in [3.63, 3.8) is 0 Å². The van der Waals surface area contributed by atoms with Crippen molar-refractivity contribution in [2.75, 3.05) is 24.5 Å². The number of carbonyl (C=O) groups is 1. The summed E-state index contributed by atoms with van der Waals surface area (Å²) in [5.41, 5.74) is 2.58. The molecule has 1 atom stereocenters. The predicted octanol–water partition coefficient (Wildman–Crippen LogP) is 2.01. The molecule has 3 heterocycles. The highest BCUT2D eigenvalue weighted by atomic mass is 16.5. The lowest BCUT2D eigenvalue weighted by molar-refractivity contribution is 0.0953. The maximum atomic E-state index is 12.2. The lowest BCUT2D eigenvalue weighted by Crippen LogP contribution is -2.38. The average Bonchev–Trinajstić information content (AvgIpc) is 2.97. The Kier molecular flexibility index (Phi) is 5.88. The number of aryl methyl sites for hydroxylation is 2. The highest BCUT2D eigenvalue weighted by molar-refractivity contribution is 5.94. The summed E-state index contributed by atoms with van der Waals surface area (Å²) in [5, 5.41) is 16.6. The number of carbonyl (C=O) groups excluding carboxylic acids is 1. The summed E-state index contributed by atoms with van der Waals surface area (Å²) in [5.74, 6) is 1.52. The van der Waals surface area contributed by atoms with Crippen LogP contribution in [0, 0.1) is 13.8 Å². The van der Waals surface area contributed by atoms with Crippen molar-refractivity contribution >= 4 is 11.7 Å². The number of piperidine rings is 1. The molecule has 3 rings (SSSR count). The van der Waals surface area contributed by atoms with Crippen molar-refractivity contribution in [2.45, 2.75) is 45.6 Å². The minimum absolute atomic E-state index is 0.124. The molecule has 1 saturated heterocycles. The first-order chi connectivity index (χ1) is 12.5. The molecule has 0 aliphatic carbocycles. The zero-order chi connectivity index (χ0) is 18.5. The Hall–Kier alpha value is -2.41. The number of hydrogen-bond acceptors (Lipinski definition) is 6. The molecular weight excluding hydrogens is 332 g/mol. The van der Waals surface area contributed by atoms with E-state index in [2.05, 4.69) is 20.4 Å². The van der Waals surface area contributed by atoms with Gasteiger partial charge in [-0.1, -0.05) is 5.16 Å². The van der Waals surface area contributed by atoms with Gasteiger partial charge in [0.05, 0.1) is 17.4 Å². The van der Waals surface area contributed by atoms with Gasteiger partial charge in [0.1, 0.15) is 11.6 Å². The standard InChI is InChI=1S/C19H26N4O3/c1-13-17(14(2)26-22-13)6-3-9-20-19(25)15-7-8-18(21-11-15)23-10-4-5-16(24)12-23/h7-8,11,16,24H,3-6,9-10,12H2,1-2H3,(H,20,25)/t16-/m0/s1. The number of β-amino-alcohol motifs (C(OH)–C–C–N with tert-alkyl or cyclic N) is 1. The summed E-state index contributed by atoms with van der Waals surface area (Å²) in [7, 11) is 0. The lowest BCUT2D eigenvalue weighted by Gasteiger charge is -2.30. The Morgan fingerprint density at radius 2 is 2.27 bits per heavy atom. The van der Waals surface area contributed by atoms with Gasteiger partial charge in [-0.2, -0.15) is 0 Å². The molecule has 0 bridgehead atoms. The predicted molar refractivity (Wildman–Crippen MR) is 98.3 cm³/mol. The normalized spacial score (nSPS) is 17.3. The summed E-state index contributed by atoms with van der Waals surface area (Å²) in [6, 6.07) is 3.63. The molecule has 26 heavy (non-hydrogen) atoms. The number of nitrogens with one attached hydrogen (secondary N) is 1. The minimum atomic E-state index is -0.300. The van der Waals surface area contributed by atoms with Crippen LogP contribution in [0.2, 0.25) is 0 Å². The molecule has 0 aromatic carbocycles. The van der Waals surface area contributed by atoms with E-state index in [4.69, 9.17) is 4.52 Å². The summed E-state index contributed by atoms with van der Waals surface area (Å²) >= 11 is 0. The number of aliphatic hydroxyl groups is 1. The Morgan fingerprint density at radius 3 is 2.92 bits per heavy atom. The molecule has 2 aromatic rings. The molecule has 1 fully saturated rings. The molecule has 7 heteroatoms. The van der Waals surface area contributed by atoms with Crippen molar-refractivity contribution in [1.29, 1.82) is 0 Å². The monoisotopic (exact) mass is 358 g/mol. The molecule has 0 unspecified atom stereocenters. The van der Waals surface area contributed by atoms with E-state index < -0.39 is 0 Å². The average molecular weight is 358 g/mol. The van der Waals surface area contributed by atoms with Crippen molar-refractivity contribution in [3.05, 3.63) is 40.9 Å². The highest BCUT2D eigenvalue weighted by Gasteiger charge is 2.19. The zero-order valence-corrected chi connectivity index (χ0v) is 15.4. The van der Waals surface area contributed by atoms with Crippen molar-refractivity contribution in [2.24, 2.45) is 0 Å². The summed E-state index contributed by atoms with van der Waals surface area (Å²) in [6.45, 7) is 5.90. The van der Waals surface area contributed by atoms with Crippen LogP contribution in [0.25, 0.3) is 0 Å². The number of anilines is 1. The molecule has 1 amide bonds. The van der Waals surface area contributed by atoms with Crippen LogP contribution in [0.4, 0.5) is 5.82 Å². The van der Waals surface area contributed by atoms with Gasteiger partial charge >= 0.3 is 0 Å².